The lowest BCUT2D eigenvalue weighted by atomic mass is 9.91. The number of halogens is 1. The van der Waals surface area contributed by atoms with Gasteiger partial charge in [-0.3, -0.25) is 4.79 Å². The van der Waals surface area contributed by atoms with Crippen LogP contribution in [-0.4, -0.2) is 43.0 Å². The molecule has 1 aromatic carbocycles. The van der Waals surface area contributed by atoms with Gasteiger partial charge in [-0.15, -0.1) is 0 Å². The standard InChI is InChI=1S/C15H20BrNO4/c16-12-1-3-13(4-2-12)21-8-5-14(19)17-15(11-18)6-9-20-10-7-15/h1-4,18H,5-11H2,(H,17,19). The van der Waals surface area contributed by atoms with E-state index in [-0.39, 0.29) is 18.9 Å². The van der Waals surface area contributed by atoms with E-state index in [1.807, 2.05) is 24.3 Å². The van der Waals surface area contributed by atoms with Crippen LogP contribution in [0.5, 0.6) is 5.75 Å². The first-order valence-corrected chi connectivity index (χ1v) is 7.81. The molecular weight excluding hydrogens is 338 g/mol. The van der Waals surface area contributed by atoms with E-state index >= 15 is 0 Å². The topological polar surface area (TPSA) is 67.8 Å². The third-order valence-electron chi connectivity index (χ3n) is 3.57. The molecule has 1 amide bonds. The van der Waals surface area contributed by atoms with Crippen LogP contribution in [0, 0.1) is 0 Å². The van der Waals surface area contributed by atoms with Gasteiger partial charge in [0.15, 0.2) is 0 Å². The molecule has 6 heteroatoms. The van der Waals surface area contributed by atoms with Crippen molar-refractivity contribution in [3.8, 4) is 5.75 Å². The predicted octanol–water partition coefficient (Wildman–Crippen LogP) is 1.88. The molecule has 5 nitrogen and oxygen atoms in total. The molecule has 1 aromatic rings. The van der Waals surface area contributed by atoms with Crippen LogP contribution in [0.4, 0.5) is 0 Å². The Hall–Kier alpha value is -1.11. The van der Waals surface area contributed by atoms with Crippen LogP contribution in [0.25, 0.3) is 0 Å². The van der Waals surface area contributed by atoms with Crippen molar-refractivity contribution >= 4 is 21.8 Å². The highest BCUT2D eigenvalue weighted by molar-refractivity contribution is 9.10. The smallest absolute Gasteiger partial charge is 0.223 e. The number of amides is 1. The number of benzene rings is 1. The summed E-state index contributed by atoms with van der Waals surface area (Å²) in [5, 5.41) is 12.4. The maximum absolute atomic E-state index is 12.0. The largest absolute Gasteiger partial charge is 0.493 e. The Morgan fingerprint density at radius 3 is 2.62 bits per heavy atom. The van der Waals surface area contributed by atoms with Gasteiger partial charge in [-0.1, -0.05) is 15.9 Å². The van der Waals surface area contributed by atoms with E-state index in [1.165, 1.54) is 0 Å². The zero-order chi connectivity index (χ0) is 15.1. The zero-order valence-electron chi connectivity index (χ0n) is 11.8. The highest BCUT2D eigenvalue weighted by Crippen LogP contribution is 2.20. The Labute approximate surface area is 132 Å². The zero-order valence-corrected chi connectivity index (χ0v) is 13.4. The van der Waals surface area contributed by atoms with Gasteiger partial charge in [-0.05, 0) is 37.1 Å². The Bertz CT molecular complexity index is 457. The summed E-state index contributed by atoms with van der Waals surface area (Å²) in [7, 11) is 0. The summed E-state index contributed by atoms with van der Waals surface area (Å²) in [5.74, 6) is 0.622. The minimum atomic E-state index is -0.535. The average molecular weight is 358 g/mol. The maximum atomic E-state index is 12.0. The first kappa shape index (κ1) is 16.3. The Morgan fingerprint density at radius 1 is 1.33 bits per heavy atom. The van der Waals surface area contributed by atoms with Crippen LogP contribution in [-0.2, 0) is 9.53 Å². The molecule has 21 heavy (non-hydrogen) atoms. The first-order valence-electron chi connectivity index (χ1n) is 7.02. The summed E-state index contributed by atoms with van der Waals surface area (Å²) in [6.07, 6.45) is 1.55. The second-order valence-corrected chi connectivity index (χ2v) is 6.07. The fourth-order valence-electron chi connectivity index (χ4n) is 2.24. The number of hydrogen-bond donors (Lipinski definition) is 2. The van der Waals surface area contributed by atoms with Gasteiger partial charge < -0.3 is 19.9 Å². The minimum absolute atomic E-state index is 0.0599. The minimum Gasteiger partial charge on any atom is -0.493 e. The lowest BCUT2D eigenvalue weighted by molar-refractivity contribution is -0.125. The average Bonchev–Trinajstić information content (AvgIpc) is 2.50. The summed E-state index contributed by atoms with van der Waals surface area (Å²) in [6.45, 7) is 1.38. The van der Waals surface area contributed by atoms with Gasteiger partial charge in [0.2, 0.25) is 5.91 Å². The molecule has 1 aliphatic rings. The second kappa shape index (κ2) is 7.77. The molecule has 2 N–H and O–H groups in total. The molecule has 1 aliphatic heterocycles. The quantitative estimate of drug-likeness (QED) is 0.815. The fraction of sp³-hybridized carbons (Fsp3) is 0.533. The second-order valence-electron chi connectivity index (χ2n) is 5.15. The van der Waals surface area contributed by atoms with Gasteiger partial charge in [-0.25, -0.2) is 0 Å². The summed E-state index contributed by atoms with van der Waals surface area (Å²) >= 11 is 3.35. The molecule has 0 bridgehead atoms. The third-order valence-corrected chi connectivity index (χ3v) is 4.10. The van der Waals surface area contributed by atoms with Crippen LogP contribution in [0.2, 0.25) is 0 Å². The van der Waals surface area contributed by atoms with Crippen molar-refractivity contribution in [3.05, 3.63) is 28.7 Å². The van der Waals surface area contributed by atoms with Crippen molar-refractivity contribution in [2.24, 2.45) is 0 Å². The van der Waals surface area contributed by atoms with Gasteiger partial charge in [0.1, 0.15) is 5.75 Å². The lowest BCUT2D eigenvalue weighted by Crippen LogP contribution is -2.54. The highest BCUT2D eigenvalue weighted by Gasteiger charge is 2.33. The summed E-state index contributed by atoms with van der Waals surface area (Å²) < 4.78 is 11.8. The number of carbonyl (C=O) groups is 1. The SMILES string of the molecule is O=C(CCOc1ccc(Br)cc1)NC1(CO)CCOCC1. The van der Waals surface area contributed by atoms with Gasteiger partial charge in [0.05, 0.1) is 25.2 Å². The summed E-state index contributed by atoms with van der Waals surface area (Å²) in [4.78, 5) is 12.0. The van der Waals surface area contributed by atoms with E-state index in [0.717, 1.165) is 10.2 Å². The Balaban J connectivity index is 1.75. The number of aliphatic hydroxyl groups is 1. The van der Waals surface area contributed by atoms with Crippen LogP contribution >= 0.6 is 15.9 Å². The number of ether oxygens (including phenoxy) is 2. The molecule has 1 heterocycles. The highest BCUT2D eigenvalue weighted by atomic mass is 79.9. The third kappa shape index (κ3) is 4.98. The predicted molar refractivity (Wildman–Crippen MR) is 82.3 cm³/mol. The number of carbonyl (C=O) groups excluding carboxylic acids is 1. The van der Waals surface area contributed by atoms with Crippen LogP contribution in [0.3, 0.4) is 0 Å². The molecule has 1 saturated heterocycles. The van der Waals surface area contributed by atoms with Crippen LogP contribution < -0.4 is 10.1 Å². The lowest BCUT2D eigenvalue weighted by Gasteiger charge is -2.36. The van der Waals surface area contributed by atoms with Crippen molar-refractivity contribution in [2.45, 2.75) is 24.8 Å². The molecule has 0 saturated carbocycles. The van der Waals surface area contributed by atoms with Crippen LogP contribution in [0.1, 0.15) is 19.3 Å². The van der Waals surface area contributed by atoms with Gasteiger partial charge in [0.25, 0.3) is 0 Å². The van der Waals surface area contributed by atoms with E-state index in [1.54, 1.807) is 0 Å². The Kier molecular flexibility index (Phi) is 6.02. The molecule has 2 rings (SSSR count). The number of aliphatic hydroxyl groups excluding tert-OH is 1. The Morgan fingerprint density at radius 2 is 2.00 bits per heavy atom. The number of rotatable bonds is 6. The van der Waals surface area contributed by atoms with Gasteiger partial charge in [-0.2, -0.15) is 0 Å². The van der Waals surface area contributed by atoms with E-state index in [9.17, 15) is 9.90 Å². The molecule has 1 fully saturated rings. The van der Waals surface area contributed by atoms with Gasteiger partial charge in [0, 0.05) is 17.7 Å². The molecule has 0 unspecified atom stereocenters. The van der Waals surface area contributed by atoms with Crippen molar-refractivity contribution in [3.63, 3.8) is 0 Å². The van der Waals surface area contributed by atoms with Crippen molar-refractivity contribution in [1.82, 2.24) is 5.32 Å². The normalized spacial score (nSPS) is 17.2. The van der Waals surface area contributed by atoms with Gasteiger partial charge >= 0.3 is 0 Å². The van der Waals surface area contributed by atoms with E-state index in [0.29, 0.717) is 32.7 Å². The molecular formula is C15H20BrNO4. The van der Waals surface area contributed by atoms with Crippen LogP contribution in [0.15, 0.2) is 28.7 Å². The van der Waals surface area contributed by atoms with Crippen molar-refractivity contribution in [1.29, 1.82) is 0 Å². The van der Waals surface area contributed by atoms with Crippen molar-refractivity contribution < 1.29 is 19.4 Å². The van der Waals surface area contributed by atoms with Crippen molar-refractivity contribution in [2.75, 3.05) is 26.4 Å². The molecule has 116 valence electrons. The van der Waals surface area contributed by atoms with E-state index < -0.39 is 5.54 Å². The first-order chi connectivity index (χ1) is 10.1. The molecule has 0 spiro atoms. The number of nitrogens with one attached hydrogen (secondary N) is 1. The maximum Gasteiger partial charge on any atom is 0.223 e. The fourth-order valence-corrected chi connectivity index (χ4v) is 2.50. The van der Waals surface area contributed by atoms with E-state index in [4.69, 9.17) is 9.47 Å². The number of hydrogen-bond acceptors (Lipinski definition) is 4. The van der Waals surface area contributed by atoms with E-state index in [2.05, 4.69) is 21.2 Å². The molecule has 0 aromatic heterocycles. The molecule has 0 aliphatic carbocycles. The summed E-state index contributed by atoms with van der Waals surface area (Å²) in [5.41, 5.74) is -0.535. The molecule has 0 radical (unpaired) electrons. The molecule has 0 atom stereocenters. The summed E-state index contributed by atoms with van der Waals surface area (Å²) in [6, 6.07) is 7.46. The monoisotopic (exact) mass is 357 g/mol.